The Morgan fingerprint density at radius 1 is 1.30 bits per heavy atom. The number of urea groups is 1. The number of piperidine rings is 1. The SMILES string of the molecule is Cc1ccc(C#N)cc1NC(=O)C1CCN(C(=O)N(C)C)CC1. The highest BCUT2D eigenvalue weighted by molar-refractivity contribution is 5.93. The molecule has 1 aliphatic rings. The molecule has 0 radical (unpaired) electrons. The zero-order chi connectivity index (χ0) is 17.0. The first-order chi connectivity index (χ1) is 10.9. The Labute approximate surface area is 136 Å². The van der Waals surface area contributed by atoms with E-state index in [4.69, 9.17) is 5.26 Å². The number of anilines is 1. The summed E-state index contributed by atoms with van der Waals surface area (Å²) < 4.78 is 0. The minimum absolute atomic E-state index is 0.0126. The number of carbonyl (C=O) groups is 2. The van der Waals surface area contributed by atoms with Crippen LogP contribution in [0.5, 0.6) is 0 Å². The van der Waals surface area contributed by atoms with E-state index in [9.17, 15) is 9.59 Å². The molecule has 1 saturated heterocycles. The van der Waals surface area contributed by atoms with E-state index in [1.165, 1.54) is 0 Å². The molecule has 1 aromatic rings. The number of hydrogen-bond acceptors (Lipinski definition) is 3. The Morgan fingerprint density at radius 2 is 1.96 bits per heavy atom. The second-order valence-electron chi connectivity index (χ2n) is 6.07. The quantitative estimate of drug-likeness (QED) is 0.909. The largest absolute Gasteiger partial charge is 0.331 e. The van der Waals surface area contributed by atoms with Gasteiger partial charge in [-0.05, 0) is 37.5 Å². The number of nitrogens with one attached hydrogen (secondary N) is 1. The van der Waals surface area contributed by atoms with E-state index >= 15 is 0 Å². The van der Waals surface area contributed by atoms with Crippen molar-refractivity contribution in [3.8, 4) is 6.07 Å². The van der Waals surface area contributed by atoms with Gasteiger partial charge in [0.05, 0.1) is 11.6 Å². The molecule has 1 fully saturated rings. The maximum Gasteiger partial charge on any atom is 0.319 e. The van der Waals surface area contributed by atoms with E-state index < -0.39 is 0 Å². The predicted molar refractivity (Wildman–Crippen MR) is 87.9 cm³/mol. The van der Waals surface area contributed by atoms with E-state index in [1.54, 1.807) is 36.0 Å². The molecular formula is C17H22N4O2. The summed E-state index contributed by atoms with van der Waals surface area (Å²) in [4.78, 5) is 27.6. The first-order valence-corrected chi connectivity index (χ1v) is 7.70. The Hall–Kier alpha value is -2.55. The lowest BCUT2D eigenvalue weighted by atomic mass is 9.95. The number of carbonyl (C=O) groups excluding carboxylic acids is 2. The molecule has 1 heterocycles. The lowest BCUT2D eigenvalue weighted by Gasteiger charge is -2.33. The number of aryl methyl sites for hydroxylation is 1. The molecule has 1 aliphatic heterocycles. The molecule has 1 N–H and O–H groups in total. The van der Waals surface area contributed by atoms with Gasteiger partial charge in [0.2, 0.25) is 5.91 Å². The predicted octanol–water partition coefficient (Wildman–Crippen LogP) is 2.20. The highest BCUT2D eigenvalue weighted by Crippen LogP contribution is 2.22. The fraction of sp³-hybridized carbons (Fsp3) is 0.471. The summed E-state index contributed by atoms with van der Waals surface area (Å²) in [5, 5.41) is 11.9. The van der Waals surface area contributed by atoms with Crippen molar-refractivity contribution in [1.29, 1.82) is 5.26 Å². The van der Waals surface area contributed by atoms with Gasteiger partial charge in [-0.2, -0.15) is 5.26 Å². The normalized spacial score (nSPS) is 15.0. The lowest BCUT2D eigenvalue weighted by molar-refractivity contribution is -0.121. The number of benzene rings is 1. The van der Waals surface area contributed by atoms with Crippen LogP contribution in [0.3, 0.4) is 0 Å². The van der Waals surface area contributed by atoms with Crippen molar-refractivity contribution in [3.05, 3.63) is 29.3 Å². The molecule has 0 bridgehead atoms. The van der Waals surface area contributed by atoms with Gasteiger partial charge in [0.15, 0.2) is 0 Å². The average molecular weight is 314 g/mol. The molecule has 0 saturated carbocycles. The standard InChI is InChI=1S/C17H22N4O2/c1-12-4-5-13(11-18)10-15(12)19-16(22)14-6-8-21(9-7-14)17(23)20(2)3/h4-5,10,14H,6-9H2,1-3H3,(H,19,22). The third-order valence-electron chi connectivity index (χ3n) is 4.14. The zero-order valence-electron chi connectivity index (χ0n) is 13.8. The van der Waals surface area contributed by atoms with Gasteiger partial charge in [-0.1, -0.05) is 6.07 Å². The highest BCUT2D eigenvalue weighted by Gasteiger charge is 2.28. The number of rotatable bonds is 2. The second kappa shape index (κ2) is 7.14. The molecule has 3 amide bonds. The lowest BCUT2D eigenvalue weighted by Crippen LogP contribution is -2.45. The summed E-state index contributed by atoms with van der Waals surface area (Å²) in [6.07, 6.45) is 1.31. The topological polar surface area (TPSA) is 76.4 Å². The monoisotopic (exact) mass is 314 g/mol. The summed E-state index contributed by atoms with van der Waals surface area (Å²) in [6.45, 7) is 3.08. The van der Waals surface area contributed by atoms with E-state index in [0.717, 1.165) is 5.56 Å². The third kappa shape index (κ3) is 4.01. The van der Waals surface area contributed by atoms with Crippen LogP contribution in [0.2, 0.25) is 0 Å². The zero-order valence-corrected chi connectivity index (χ0v) is 13.8. The minimum atomic E-state index is -0.105. The van der Waals surface area contributed by atoms with Crippen LogP contribution in [-0.2, 0) is 4.79 Å². The average Bonchev–Trinajstić information content (AvgIpc) is 2.56. The number of amides is 3. The van der Waals surface area contributed by atoms with Crippen LogP contribution in [0, 0.1) is 24.2 Å². The molecule has 2 rings (SSSR count). The molecule has 0 aromatic heterocycles. The molecular weight excluding hydrogens is 292 g/mol. The molecule has 1 aromatic carbocycles. The fourth-order valence-electron chi connectivity index (χ4n) is 2.68. The Bertz CT molecular complexity index is 640. The summed E-state index contributed by atoms with van der Waals surface area (Å²) in [7, 11) is 3.46. The Balaban J connectivity index is 1.96. The van der Waals surface area contributed by atoms with Crippen LogP contribution in [0.1, 0.15) is 24.0 Å². The van der Waals surface area contributed by atoms with Gasteiger partial charge in [0.1, 0.15) is 0 Å². The summed E-state index contributed by atoms with van der Waals surface area (Å²) in [5.74, 6) is -0.147. The molecule has 0 atom stereocenters. The third-order valence-corrected chi connectivity index (χ3v) is 4.14. The minimum Gasteiger partial charge on any atom is -0.331 e. The summed E-state index contributed by atoms with van der Waals surface area (Å²) in [5.41, 5.74) is 2.13. The van der Waals surface area contributed by atoms with E-state index in [1.807, 2.05) is 13.0 Å². The van der Waals surface area contributed by atoms with Crippen molar-refractivity contribution in [3.63, 3.8) is 0 Å². The number of likely N-dealkylation sites (tertiary alicyclic amines) is 1. The van der Waals surface area contributed by atoms with Crippen molar-refractivity contribution in [2.45, 2.75) is 19.8 Å². The van der Waals surface area contributed by atoms with Gasteiger partial charge in [-0.25, -0.2) is 4.79 Å². The van der Waals surface area contributed by atoms with Crippen LogP contribution in [0.25, 0.3) is 0 Å². The van der Waals surface area contributed by atoms with Gasteiger partial charge in [0, 0.05) is 38.8 Å². The maximum absolute atomic E-state index is 12.4. The van der Waals surface area contributed by atoms with Crippen molar-refractivity contribution >= 4 is 17.6 Å². The van der Waals surface area contributed by atoms with Crippen molar-refractivity contribution < 1.29 is 9.59 Å². The van der Waals surface area contributed by atoms with E-state index in [-0.39, 0.29) is 17.9 Å². The van der Waals surface area contributed by atoms with Crippen LogP contribution in [0.15, 0.2) is 18.2 Å². The summed E-state index contributed by atoms with van der Waals surface area (Å²) >= 11 is 0. The van der Waals surface area contributed by atoms with Gasteiger partial charge < -0.3 is 15.1 Å². The van der Waals surface area contributed by atoms with E-state index in [0.29, 0.717) is 37.2 Å². The van der Waals surface area contributed by atoms with Crippen molar-refractivity contribution in [2.24, 2.45) is 5.92 Å². The van der Waals surface area contributed by atoms with Gasteiger partial charge in [-0.3, -0.25) is 4.79 Å². The van der Waals surface area contributed by atoms with Crippen molar-refractivity contribution in [2.75, 3.05) is 32.5 Å². The van der Waals surface area contributed by atoms with Crippen LogP contribution < -0.4 is 5.32 Å². The second-order valence-corrected chi connectivity index (χ2v) is 6.07. The Morgan fingerprint density at radius 3 is 2.52 bits per heavy atom. The van der Waals surface area contributed by atoms with Crippen LogP contribution in [0.4, 0.5) is 10.5 Å². The first kappa shape index (κ1) is 16.8. The molecule has 0 unspecified atom stereocenters. The number of nitriles is 1. The highest BCUT2D eigenvalue weighted by atomic mass is 16.2. The molecule has 122 valence electrons. The smallest absolute Gasteiger partial charge is 0.319 e. The maximum atomic E-state index is 12.4. The molecule has 6 heteroatoms. The number of hydrogen-bond donors (Lipinski definition) is 1. The van der Waals surface area contributed by atoms with Crippen LogP contribution >= 0.6 is 0 Å². The van der Waals surface area contributed by atoms with E-state index in [2.05, 4.69) is 11.4 Å². The van der Waals surface area contributed by atoms with Gasteiger partial charge >= 0.3 is 6.03 Å². The fourth-order valence-corrected chi connectivity index (χ4v) is 2.68. The van der Waals surface area contributed by atoms with Gasteiger partial charge in [0.25, 0.3) is 0 Å². The van der Waals surface area contributed by atoms with Crippen molar-refractivity contribution in [1.82, 2.24) is 9.80 Å². The first-order valence-electron chi connectivity index (χ1n) is 7.70. The van der Waals surface area contributed by atoms with Crippen LogP contribution in [-0.4, -0.2) is 48.9 Å². The Kier molecular flexibility index (Phi) is 5.22. The molecule has 6 nitrogen and oxygen atoms in total. The number of nitrogens with zero attached hydrogens (tertiary/aromatic N) is 3. The molecule has 0 aliphatic carbocycles. The molecule has 0 spiro atoms. The van der Waals surface area contributed by atoms with Gasteiger partial charge in [-0.15, -0.1) is 0 Å². The summed E-state index contributed by atoms with van der Waals surface area (Å²) in [6, 6.07) is 7.31. The molecule has 23 heavy (non-hydrogen) atoms.